The van der Waals surface area contributed by atoms with E-state index in [0.717, 1.165) is 30.0 Å². The number of benzene rings is 2. The summed E-state index contributed by atoms with van der Waals surface area (Å²) in [6.45, 7) is 4.34. The van der Waals surface area contributed by atoms with Gasteiger partial charge >= 0.3 is 6.18 Å². The van der Waals surface area contributed by atoms with Gasteiger partial charge in [0.2, 0.25) is 5.91 Å². The fourth-order valence-electron chi connectivity index (χ4n) is 3.30. The predicted octanol–water partition coefficient (Wildman–Crippen LogP) is 3.09. The molecule has 0 aromatic heterocycles. The lowest BCUT2D eigenvalue weighted by atomic mass is 10.1. The van der Waals surface area contributed by atoms with E-state index in [9.17, 15) is 22.8 Å². The van der Waals surface area contributed by atoms with Gasteiger partial charge in [-0.1, -0.05) is 18.2 Å². The highest BCUT2D eigenvalue weighted by molar-refractivity contribution is 5.96. The Morgan fingerprint density at radius 2 is 1.59 bits per heavy atom. The van der Waals surface area contributed by atoms with Crippen LogP contribution in [0.15, 0.2) is 48.5 Å². The molecule has 3 rings (SSSR count). The maximum absolute atomic E-state index is 12.6. The van der Waals surface area contributed by atoms with Gasteiger partial charge in [-0.25, -0.2) is 0 Å². The van der Waals surface area contributed by atoms with Crippen LogP contribution in [0.2, 0.25) is 0 Å². The van der Waals surface area contributed by atoms with Crippen molar-refractivity contribution in [3.8, 4) is 0 Å². The van der Waals surface area contributed by atoms with Crippen molar-refractivity contribution in [1.82, 2.24) is 10.2 Å². The molecular formula is C21H22F3N3O2. The molecule has 2 amide bonds. The molecule has 5 nitrogen and oxygen atoms in total. The van der Waals surface area contributed by atoms with Gasteiger partial charge in [-0.15, -0.1) is 0 Å². The van der Waals surface area contributed by atoms with Crippen LogP contribution in [0.4, 0.5) is 18.9 Å². The first-order chi connectivity index (χ1) is 13.8. The summed E-state index contributed by atoms with van der Waals surface area (Å²) in [5.74, 6) is -0.791. The van der Waals surface area contributed by atoms with E-state index in [1.807, 2.05) is 25.1 Å². The Balaban J connectivity index is 1.49. The van der Waals surface area contributed by atoms with Crippen LogP contribution in [0.25, 0.3) is 0 Å². The molecule has 1 aliphatic heterocycles. The van der Waals surface area contributed by atoms with E-state index in [1.165, 1.54) is 5.56 Å². The van der Waals surface area contributed by atoms with E-state index in [4.69, 9.17) is 0 Å². The number of carbonyl (C=O) groups excluding carboxylic acids is 2. The van der Waals surface area contributed by atoms with Crippen LogP contribution < -0.4 is 10.2 Å². The van der Waals surface area contributed by atoms with Gasteiger partial charge in [0, 0.05) is 37.4 Å². The Kier molecular flexibility index (Phi) is 6.10. The van der Waals surface area contributed by atoms with Gasteiger partial charge in [-0.2, -0.15) is 13.2 Å². The zero-order valence-corrected chi connectivity index (χ0v) is 16.0. The third kappa shape index (κ3) is 5.07. The second kappa shape index (κ2) is 8.55. The number of amides is 2. The van der Waals surface area contributed by atoms with Crippen LogP contribution in [0.1, 0.15) is 21.5 Å². The maximum Gasteiger partial charge on any atom is 0.416 e. The van der Waals surface area contributed by atoms with Crippen LogP contribution in [0, 0.1) is 6.92 Å². The fourth-order valence-corrected chi connectivity index (χ4v) is 3.30. The summed E-state index contributed by atoms with van der Waals surface area (Å²) in [7, 11) is 0. The molecule has 2 aromatic carbocycles. The Morgan fingerprint density at radius 3 is 2.17 bits per heavy atom. The molecule has 0 aliphatic carbocycles. The molecule has 1 saturated heterocycles. The lowest BCUT2D eigenvalue weighted by Gasteiger charge is -2.36. The number of nitrogens with one attached hydrogen (secondary N) is 1. The number of anilines is 1. The van der Waals surface area contributed by atoms with E-state index >= 15 is 0 Å². The number of aryl methyl sites for hydroxylation is 1. The monoisotopic (exact) mass is 405 g/mol. The van der Waals surface area contributed by atoms with Gasteiger partial charge in [0.25, 0.3) is 5.91 Å². The molecule has 0 atom stereocenters. The minimum atomic E-state index is -4.45. The molecule has 2 aromatic rings. The molecule has 8 heteroatoms. The van der Waals surface area contributed by atoms with Gasteiger partial charge in [0.05, 0.1) is 12.1 Å². The molecule has 0 unspecified atom stereocenters. The molecular weight excluding hydrogens is 383 g/mol. The average molecular weight is 405 g/mol. The number of rotatable bonds is 4. The number of halogens is 3. The Morgan fingerprint density at radius 1 is 0.966 bits per heavy atom. The molecule has 1 aliphatic rings. The van der Waals surface area contributed by atoms with Crippen LogP contribution in [0.3, 0.4) is 0 Å². The first kappa shape index (κ1) is 20.7. The van der Waals surface area contributed by atoms with Crippen molar-refractivity contribution in [2.45, 2.75) is 13.1 Å². The Bertz CT molecular complexity index is 873. The summed E-state index contributed by atoms with van der Waals surface area (Å²) >= 11 is 0. The Hall–Kier alpha value is -3.03. The zero-order valence-electron chi connectivity index (χ0n) is 16.0. The largest absolute Gasteiger partial charge is 0.416 e. The van der Waals surface area contributed by atoms with Gasteiger partial charge in [-0.05, 0) is 42.8 Å². The van der Waals surface area contributed by atoms with Gasteiger partial charge in [0.15, 0.2) is 0 Å². The van der Waals surface area contributed by atoms with Gasteiger partial charge in [-0.3, -0.25) is 9.59 Å². The summed E-state index contributed by atoms with van der Waals surface area (Å²) < 4.78 is 37.8. The van der Waals surface area contributed by atoms with E-state index < -0.39 is 17.6 Å². The molecule has 0 radical (unpaired) electrons. The van der Waals surface area contributed by atoms with Crippen molar-refractivity contribution in [2.75, 3.05) is 37.6 Å². The standard InChI is InChI=1S/C21H22F3N3O2/c1-15-4-2-3-5-18(15)26-10-12-27(13-11-26)19(28)14-25-20(29)16-6-8-17(9-7-16)21(22,23)24/h2-9H,10-14H2,1H3,(H,25,29). The van der Waals surface area contributed by atoms with Crippen molar-refractivity contribution < 1.29 is 22.8 Å². The van der Waals surface area contributed by atoms with Crippen LogP contribution in [0.5, 0.6) is 0 Å². The molecule has 0 saturated carbocycles. The second-order valence-corrected chi connectivity index (χ2v) is 6.91. The first-order valence-electron chi connectivity index (χ1n) is 9.29. The number of para-hydroxylation sites is 1. The number of hydrogen-bond acceptors (Lipinski definition) is 3. The smallest absolute Gasteiger partial charge is 0.368 e. The topological polar surface area (TPSA) is 52.6 Å². The van der Waals surface area contributed by atoms with Crippen molar-refractivity contribution in [2.24, 2.45) is 0 Å². The van der Waals surface area contributed by atoms with E-state index in [1.54, 1.807) is 4.90 Å². The summed E-state index contributed by atoms with van der Waals surface area (Å²) in [6, 6.07) is 12.0. The minimum absolute atomic E-state index is 0.0789. The summed E-state index contributed by atoms with van der Waals surface area (Å²) in [5.41, 5.74) is 1.58. The highest BCUT2D eigenvalue weighted by Gasteiger charge is 2.30. The molecule has 1 heterocycles. The zero-order chi connectivity index (χ0) is 21.0. The maximum atomic E-state index is 12.6. The minimum Gasteiger partial charge on any atom is -0.368 e. The molecule has 29 heavy (non-hydrogen) atoms. The van der Waals surface area contributed by atoms with E-state index in [0.29, 0.717) is 26.2 Å². The van der Waals surface area contributed by atoms with Crippen molar-refractivity contribution >= 4 is 17.5 Å². The third-order valence-electron chi connectivity index (χ3n) is 4.96. The number of carbonyl (C=O) groups is 2. The van der Waals surface area contributed by atoms with Crippen molar-refractivity contribution in [3.05, 3.63) is 65.2 Å². The number of alkyl halides is 3. The van der Waals surface area contributed by atoms with Crippen LogP contribution in [-0.2, 0) is 11.0 Å². The second-order valence-electron chi connectivity index (χ2n) is 6.91. The number of hydrogen-bond donors (Lipinski definition) is 1. The van der Waals surface area contributed by atoms with E-state index in [2.05, 4.69) is 16.3 Å². The summed E-state index contributed by atoms with van der Waals surface area (Å²) in [4.78, 5) is 28.4. The Labute approximate surface area is 167 Å². The first-order valence-corrected chi connectivity index (χ1v) is 9.29. The van der Waals surface area contributed by atoms with Crippen LogP contribution >= 0.6 is 0 Å². The predicted molar refractivity (Wildman–Crippen MR) is 104 cm³/mol. The summed E-state index contributed by atoms with van der Waals surface area (Å²) in [6.07, 6.45) is -4.45. The third-order valence-corrected chi connectivity index (χ3v) is 4.96. The van der Waals surface area contributed by atoms with Crippen LogP contribution in [-0.4, -0.2) is 49.4 Å². The van der Waals surface area contributed by atoms with Crippen molar-refractivity contribution in [3.63, 3.8) is 0 Å². The lowest BCUT2D eigenvalue weighted by Crippen LogP contribution is -2.51. The fraction of sp³-hybridized carbons (Fsp3) is 0.333. The van der Waals surface area contributed by atoms with E-state index in [-0.39, 0.29) is 18.0 Å². The summed E-state index contributed by atoms with van der Waals surface area (Å²) in [5, 5.41) is 2.48. The molecule has 0 spiro atoms. The number of piperazine rings is 1. The SMILES string of the molecule is Cc1ccccc1N1CCN(C(=O)CNC(=O)c2ccc(C(F)(F)F)cc2)CC1. The average Bonchev–Trinajstić information content (AvgIpc) is 2.72. The van der Waals surface area contributed by atoms with Gasteiger partial charge in [0.1, 0.15) is 0 Å². The quantitative estimate of drug-likeness (QED) is 0.851. The van der Waals surface area contributed by atoms with Crippen molar-refractivity contribution in [1.29, 1.82) is 0 Å². The number of nitrogens with zero attached hydrogens (tertiary/aromatic N) is 2. The highest BCUT2D eigenvalue weighted by Crippen LogP contribution is 2.29. The normalized spacial score (nSPS) is 14.6. The van der Waals surface area contributed by atoms with Gasteiger partial charge < -0.3 is 15.1 Å². The highest BCUT2D eigenvalue weighted by atomic mass is 19.4. The lowest BCUT2D eigenvalue weighted by molar-refractivity contribution is -0.137. The molecule has 154 valence electrons. The molecule has 0 bridgehead atoms. The molecule has 1 fully saturated rings. The molecule has 1 N–H and O–H groups in total.